The summed E-state index contributed by atoms with van der Waals surface area (Å²) < 4.78 is 75.3. The van der Waals surface area contributed by atoms with Gasteiger partial charge in [0.2, 0.25) is 5.92 Å². The Balaban J connectivity index is 2.33. The topological polar surface area (TPSA) is 17.1 Å². The van der Waals surface area contributed by atoms with E-state index in [-0.39, 0.29) is 0 Å². The molecule has 7 heteroatoms. The summed E-state index contributed by atoms with van der Waals surface area (Å²) in [5.41, 5.74) is 0.678. The Morgan fingerprint density at radius 1 is 0.696 bits per heavy atom. The van der Waals surface area contributed by atoms with Crippen LogP contribution in [0.4, 0.5) is 26.3 Å². The molecule has 2 rings (SSSR count). The van der Waals surface area contributed by atoms with Crippen LogP contribution in [-0.2, 0) is 0 Å². The Kier molecular flexibility index (Phi) is 4.49. The van der Waals surface area contributed by atoms with E-state index >= 15 is 0 Å². The zero-order valence-corrected chi connectivity index (χ0v) is 11.4. The molecule has 0 atom stereocenters. The largest absolute Gasteiger partial charge is 0.407 e. The molecule has 0 saturated heterocycles. The molecular formula is C16H10F6O. The molecule has 0 heterocycles. The van der Waals surface area contributed by atoms with E-state index in [0.29, 0.717) is 5.56 Å². The van der Waals surface area contributed by atoms with Crippen molar-refractivity contribution >= 4 is 5.78 Å². The van der Waals surface area contributed by atoms with Gasteiger partial charge >= 0.3 is 12.4 Å². The quantitative estimate of drug-likeness (QED) is 0.552. The number of hydrogen-bond acceptors (Lipinski definition) is 1. The second kappa shape index (κ2) is 6.06. The first-order valence-electron chi connectivity index (χ1n) is 6.44. The zero-order valence-electron chi connectivity index (χ0n) is 11.4. The van der Waals surface area contributed by atoms with Crippen LogP contribution in [0.2, 0.25) is 0 Å². The average molecular weight is 332 g/mol. The molecule has 23 heavy (non-hydrogen) atoms. The summed E-state index contributed by atoms with van der Waals surface area (Å²) >= 11 is 0. The third-order valence-corrected chi connectivity index (χ3v) is 3.19. The summed E-state index contributed by atoms with van der Waals surface area (Å²) in [7, 11) is 0. The van der Waals surface area contributed by atoms with Gasteiger partial charge in [-0.05, 0) is 11.1 Å². The highest BCUT2D eigenvalue weighted by molar-refractivity contribution is 5.99. The van der Waals surface area contributed by atoms with Crippen molar-refractivity contribution in [3.8, 4) is 11.1 Å². The normalized spacial score (nSPS) is 12.5. The third-order valence-electron chi connectivity index (χ3n) is 3.19. The van der Waals surface area contributed by atoms with E-state index in [0.717, 1.165) is 17.7 Å². The Bertz CT molecular complexity index is 656. The van der Waals surface area contributed by atoms with E-state index in [9.17, 15) is 31.1 Å². The molecule has 0 N–H and O–H groups in total. The van der Waals surface area contributed by atoms with E-state index in [2.05, 4.69) is 0 Å². The van der Waals surface area contributed by atoms with Crippen LogP contribution in [-0.4, -0.2) is 18.1 Å². The minimum Gasteiger partial charge on any atom is -0.293 e. The molecule has 122 valence electrons. The van der Waals surface area contributed by atoms with Crippen LogP contribution < -0.4 is 0 Å². The summed E-state index contributed by atoms with van der Waals surface area (Å²) in [5.74, 6) is -6.03. The predicted molar refractivity (Wildman–Crippen MR) is 71.8 cm³/mol. The van der Waals surface area contributed by atoms with Gasteiger partial charge in [-0.1, -0.05) is 54.6 Å². The molecule has 2 aromatic rings. The van der Waals surface area contributed by atoms with Gasteiger partial charge in [-0.25, -0.2) is 0 Å². The molecule has 0 bridgehead atoms. The predicted octanol–water partition coefficient (Wildman–Crippen LogP) is 5.28. The van der Waals surface area contributed by atoms with Crippen molar-refractivity contribution in [1.29, 1.82) is 0 Å². The summed E-state index contributed by atoms with van der Waals surface area (Å²) in [5, 5.41) is 0. The second-order valence-corrected chi connectivity index (χ2v) is 4.82. The van der Waals surface area contributed by atoms with E-state index < -0.39 is 29.6 Å². The molecule has 0 aliphatic heterocycles. The number of rotatable bonds is 3. The molecule has 0 spiro atoms. The van der Waals surface area contributed by atoms with Crippen molar-refractivity contribution in [2.75, 3.05) is 0 Å². The first kappa shape index (κ1) is 17.1. The Morgan fingerprint density at radius 3 is 1.57 bits per heavy atom. The van der Waals surface area contributed by atoms with Gasteiger partial charge in [-0.3, -0.25) is 4.79 Å². The second-order valence-electron chi connectivity index (χ2n) is 4.82. The maximum absolute atomic E-state index is 12.6. The summed E-state index contributed by atoms with van der Waals surface area (Å²) in [6.07, 6.45) is -11.4. The average Bonchev–Trinajstić information content (AvgIpc) is 2.45. The minimum absolute atomic E-state index is 0.581. The Hall–Kier alpha value is -2.31. The number of carbonyl (C=O) groups excluding carboxylic acids is 1. The van der Waals surface area contributed by atoms with Gasteiger partial charge in [-0.2, -0.15) is 26.3 Å². The monoisotopic (exact) mass is 332 g/mol. The van der Waals surface area contributed by atoms with Crippen molar-refractivity contribution < 1.29 is 31.1 Å². The lowest BCUT2D eigenvalue weighted by Gasteiger charge is -2.21. The lowest BCUT2D eigenvalue weighted by atomic mass is 9.94. The molecule has 0 fully saturated rings. The minimum atomic E-state index is -5.69. The van der Waals surface area contributed by atoms with Gasteiger partial charge in [0.15, 0.2) is 5.78 Å². The number of ketones is 1. The smallest absolute Gasteiger partial charge is 0.293 e. The number of benzene rings is 2. The number of hydrogen-bond donors (Lipinski definition) is 0. The van der Waals surface area contributed by atoms with Gasteiger partial charge in [-0.15, -0.1) is 0 Å². The van der Waals surface area contributed by atoms with Crippen LogP contribution in [0, 0.1) is 5.92 Å². The van der Waals surface area contributed by atoms with Crippen molar-refractivity contribution in [2.45, 2.75) is 12.4 Å². The molecule has 0 saturated carbocycles. The molecule has 0 aliphatic carbocycles. The third kappa shape index (κ3) is 3.91. The molecule has 0 amide bonds. The lowest BCUT2D eigenvalue weighted by molar-refractivity contribution is -0.264. The number of Topliss-reactive ketones (excluding diaryl/α,β-unsaturated/α-hetero) is 1. The van der Waals surface area contributed by atoms with E-state index in [1.807, 2.05) is 0 Å². The fourth-order valence-corrected chi connectivity index (χ4v) is 2.11. The fraction of sp³-hybridized carbons (Fsp3) is 0.188. The van der Waals surface area contributed by atoms with Crippen molar-refractivity contribution in [3.63, 3.8) is 0 Å². The van der Waals surface area contributed by atoms with Crippen LogP contribution in [0.1, 0.15) is 10.4 Å². The lowest BCUT2D eigenvalue weighted by Crippen LogP contribution is -2.42. The summed E-state index contributed by atoms with van der Waals surface area (Å²) in [4.78, 5) is 11.6. The van der Waals surface area contributed by atoms with Crippen molar-refractivity contribution in [2.24, 2.45) is 5.92 Å². The highest BCUT2D eigenvalue weighted by Gasteiger charge is 2.60. The van der Waals surface area contributed by atoms with E-state index in [1.165, 1.54) is 12.1 Å². The molecule has 0 radical (unpaired) electrons. The van der Waals surface area contributed by atoms with Gasteiger partial charge in [0.05, 0.1) is 0 Å². The zero-order chi connectivity index (χ0) is 17.3. The number of halogens is 6. The highest BCUT2D eigenvalue weighted by Crippen LogP contribution is 2.41. The highest BCUT2D eigenvalue weighted by atomic mass is 19.4. The van der Waals surface area contributed by atoms with Crippen LogP contribution in [0.5, 0.6) is 0 Å². The fourth-order valence-electron chi connectivity index (χ4n) is 2.11. The van der Waals surface area contributed by atoms with Gasteiger partial charge in [0, 0.05) is 5.56 Å². The Labute approximate surface area is 127 Å². The van der Waals surface area contributed by atoms with Crippen molar-refractivity contribution in [1.82, 2.24) is 0 Å². The van der Waals surface area contributed by atoms with Crippen LogP contribution >= 0.6 is 0 Å². The van der Waals surface area contributed by atoms with Gasteiger partial charge in [0.25, 0.3) is 0 Å². The molecular weight excluding hydrogens is 322 g/mol. The molecule has 2 aromatic carbocycles. The standard InChI is InChI=1S/C16H10F6O/c17-15(18,19)14(16(20,21)22)13(23)12-8-6-11(7-9-12)10-4-2-1-3-5-10/h1-9,14H. The molecule has 0 unspecified atom stereocenters. The molecule has 0 aromatic heterocycles. The van der Waals surface area contributed by atoms with E-state index in [1.54, 1.807) is 30.3 Å². The molecule has 0 aliphatic rings. The summed E-state index contributed by atoms with van der Waals surface area (Å²) in [6.45, 7) is 0. The summed E-state index contributed by atoms with van der Waals surface area (Å²) in [6, 6.07) is 13.2. The maximum atomic E-state index is 12.6. The van der Waals surface area contributed by atoms with Crippen molar-refractivity contribution in [3.05, 3.63) is 60.2 Å². The number of alkyl halides is 6. The Morgan fingerprint density at radius 2 is 1.13 bits per heavy atom. The van der Waals surface area contributed by atoms with Crippen LogP contribution in [0.25, 0.3) is 11.1 Å². The van der Waals surface area contributed by atoms with Crippen LogP contribution in [0.3, 0.4) is 0 Å². The molecule has 1 nitrogen and oxygen atoms in total. The van der Waals surface area contributed by atoms with Gasteiger partial charge < -0.3 is 0 Å². The number of carbonyl (C=O) groups is 1. The van der Waals surface area contributed by atoms with Gasteiger partial charge in [0.1, 0.15) is 0 Å². The maximum Gasteiger partial charge on any atom is 0.407 e. The first-order valence-corrected chi connectivity index (χ1v) is 6.44. The first-order chi connectivity index (χ1) is 10.6. The SMILES string of the molecule is O=C(c1ccc(-c2ccccc2)cc1)C(C(F)(F)F)C(F)(F)F. The van der Waals surface area contributed by atoms with Crippen LogP contribution in [0.15, 0.2) is 54.6 Å². The van der Waals surface area contributed by atoms with E-state index in [4.69, 9.17) is 0 Å².